The summed E-state index contributed by atoms with van der Waals surface area (Å²) in [6.07, 6.45) is 10.2. The summed E-state index contributed by atoms with van der Waals surface area (Å²) in [4.78, 5) is 50.6. The van der Waals surface area contributed by atoms with Crippen molar-refractivity contribution >= 4 is 161 Å². The first-order valence-electron chi connectivity index (χ1n) is 30.5. The average Bonchev–Trinajstić information content (AvgIpc) is 2.79. The van der Waals surface area contributed by atoms with E-state index in [4.69, 9.17) is 0 Å². The van der Waals surface area contributed by atoms with Crippen LogP contribution in [0.25, 0.3) is 0 Å². The van der Waals surface area contributed by atoms with Gasteiger partial charge in [0.2, 0.25) is 0 Å². The molecule has 4 N–H and O–H groups in total. The topological polar surface area (TPSA) is 185 Å². The molecular weight excluding hydrogens is 1300 g/mol. The minimum absolute atomic E-state index is 0.00121. The second-order valence-electron chi connectivity index (χ2n) is 26.8. The van der Waals surface area contributed by atoms with E-state index in [2.05, 4.69) is 53.5 Å². The highest BCUT2D eigenvalue weighted by atomic mass is 32.2. The van der Waals surface area contributed by atoms with Crippen LogP contribution in [-0.4, -0.2) is 141 Å². The Morgan fingerprint density at radius 3 is 1.13 bits per heavy atom. The molecule has 24 heteroatoms. The predicted molar refractivity (Wildman–Crippen MR) is 385 cm³/mol. The van der Waals surface area contributed by atoms with Gasteiger partial charge in [0, 0.05) is 52.4 Å². The van der Waals surface area contributed by atoms with Gasteiger partial charge in [-0.3, -0.25) is 19.2 Å². The highest BCUT2D eigenvalue weighted by molar-refractivity contribution is 8.23. The molecule has 6 aliphatic rings. The van der Waals surface area contributed by atoms with Crippen LogP contribution in [0, 0.1) is 30.6 Å². The van der Waals surface area contributed by atoms with Gasteiger partial charge in [-0.25, -0.2) is 35.7 Å². The molecule has 0 amide bonds. The Kier molecular flexibility index (Phi) is 32.4. The van der Waals surface area contributed by atoms with Crippen molar-refractivity contribution in [2.24, 2.45) is 23.7 Å². The van der Waals surface area contributed by atoms with Crippen LogP contribution >= 0.6 is 94.1 Å². The molecule has 1 aromatic carbocycles. The number of carbonyl (C=O) groups excluding carboxylic acids is 4. The fourth-order valence-electron chi connectivity index (χ4n) is 9.81. The van der Waals surface area contributed by atoms with Crippen LogP contribution in [0.2, 0.25) is 0 Å². The van der Waals surface area contributed by atoms with Gasteiger partial charge in [0.15, 0.2) is 23.1 Å². The van der Waals surface area contributed by atoms with Crippen LogP contribution in [0.1, 0.15) is 187 Å². The number of rotatable bonds is 27. The van der Waals surface area contributed by atoms with Crippen LogP contribution in [-0.2, 0) is 63.1 Å². The summed E-state index contributed by atoms with van der Waals surface area (Å²) in [6.45, 7) is 35.5. The average molecular weight is 1410 g/mol. The second-order valence-corrected chi connectivity index (χ2v) is 45.8. The van der Waals surface area contributed by atoms with E-state index >= 15 is 0 Å². The monoisotopic (exact) mass is 1410 g/mol. The molecule has 0 aromatic heterocycles. The molecule has 8 unspecified atom stereocenters. The first-order chi connectivity index (χ1) is 39.5. The van der Waals surface area contributed by atoms with Crippen molar-refractivity contribution < 1.29 is 36.0 Å². The Morgan fingerprint density at radius 1 is 0.494 bits per heavy atom. The van der Waals surface area contributed by atoms with Crippen molar-refractivity contribution in [1.82, 2.24) is 18.9 Å². The summed E-state index contributed by atoms with van der Waals surface area (Å²) in [5.41, 5.74) is 1.14. The van der Waals surface area contributed by atoms with Gasteiger partial charge in [-0.15, -0.1) is 94.1 Å². The summed E-state index contributed by atoms with van der Waals surface area (Å²) < 4.78 is 60.6. The lowest BCUT2D eigenvalue weighted by molar-refractivity contribution is -0.120. The van der Waals surface area contributed by atoms with Crippen LogP contribution < -0.4 is 18.9 Å². The normalized spacial score (nSPS) is 22.7. The van der Waals surface area contributed by atoms with E-state index in [1.165, 1.54) is 25.7 Å². The summed E-state index contributed by atoms with van der Waals surface area (Å²) >= 11 is 13.9. The minimum atomic E-state index is -1.31. The van der Waals surface area contributed by atoms with E-state index in [-0.39, 0.29) is 55.8 Å². The highest BCUT2D eigenvalue weighted by Crippen LogP contribution is 2.53. The van der Waals surface area contributed by atoms with E-state index in [9.17, 15) is 36.0 Å². The zero-order valence-electron chi connectivity index (χ0n) is 54.3. The summed E-state index contributed by atoms with van der Waals surface area (Å²) in [5, 5.41) is 0. The van der Waals surface area contributed by atoms with Crippen molar-refractivity contribution in [1.29, 1.82) is 0 Å². The van der Waals surface area contributed by atoms with E-state index in [1.54, 1.807) is 115 Å². The number of carbonyl (C=O) groups is 4. The molecule has 85 heavy (non-hydrogen) atoms. The Bertz CT molecular complexity index is 2350. The van der Waals surface area contributed by atoms with Gasteiger partial charge in [-0.2, -0.15) is 0 Å². The Morgan fingerprint density at radius 2 is 0.812 bits per heavy atom. The Labute approximate surface area is 558 Å². The van der Waals surface area contributed by atoms with Crippen LogP contribution in [0.5, 0.6) is 0 Å². The maximum absolute atomic E-state index is 13.0. The first-order valence-corrected chi connectivity index (χ1v) is 42.9. The number of nitrogens with one attached hydrogen (secondary N) is 4. The molecule has 12 nitrogen and oxygen atoms in total. The number of ketones is 4. The number of aryl methyl sites for hydroxylation is 1. The third-order valence-corrected chi connectivity index (χ3v) is 35.9. The van der Waals surface area contributed by atoms with E-state index < -0.39 is 60.3 Å². The second kappa shape index (κ2) is 35.0. The summed E-state index contributed by atoms with van der Waals surface area (Å²) in [7, 11) is -4.71. The molecule has 4 heterocycles. The highest BCUT2D eigenvalue weighted by Gasteiger charge is 2.53. The van der Waals surface area contributed by atoms with Gasteiger partial charge in [-0.1, -0.05) is 71.6 Å². The zero-order chi connectivity index (χ0) is 63.9. The van der Waals surface area contributed by atoms with Crippen molar-refractivity contribution in [2.75, 3.05) is 46.0 Å². The van der Waals surface area contributed by atoms with E-state index in [0.717, 1.165) is 88.6 Å². The molecule has 4 saturated heterocycles. The number of Topliss-reactive ketones (excluding diaryl/α,β-unsaturated/α-hetero) is 4. The molecule has 490 valence electrons. The maximum Gasteiger partial charge on any atom is 0.160 e. The lowest BCUT2D eigenvalue weighted by atomic mass is 9.99. The molecule has 8 atom stereocenters. The third kappa shape index (κ3) is 23.5. The standard InChI is InChI=1S/C17H25NO2S3.C16H29NO2S3.C14H25NO2S3.C14H27NO2S3/c1-12(2)11-16(17(14(4)19)21-9-10-22-17)18-23(20)15-7-5-13(3)6-8-15;1-5-6-13(17-22(19)15(2,3)4)16(20-9-10-21-16)14(18)11-12-7-8-12;1-10(16)14(18-7-8-19-14)12(9-11-5-6-11)15-20(17)13(2,3)4;1-10(2)9-12(15-20(17)13(4,5)6)14(11(3)16)18-7-8-19-14/h5-8,12,16,18H,9-11H2,1-4H3;12-13,17H,5-11H2,1-4H3;11-12,15H,5-9H2,1-4H3;10,12,15H,7-9H2,1-6H3. The minimum Gasteiger partial charge on any atom is -0.297 e. The molecule has 2 saturated carbocycles. The lowest BCUT2D eigenvalue weighted by Crippen LogP contribution is -2.53. The molecule has 4 aliphatic heterocycles. The number of hydrogen-bond acceptors (Lipinski definition) is 16. The smallest absolute Gasteiger partial charge is 0.160 e. The quantitative estimate of drug-likeness (QED) is 0.0651. The first kappa shape index (κ1) is 78.6. The Hall–Kier alpha value is 1.14. The molecule has 7 rings (SSSR count). The number of benzene rings is 1. The largest absolute Gasteiger partial charge is 0.297 e. The van der Waals surface area contributed by atoms with Crippen molar-refractivity contribution in [3.05, 3.63) is 29.8 Å². The van der Waals surface area contributed by atoms with Gasteiger partial charge >= 0.3 is 0 Å². The van der Waals surface area contributed by atoms with E-state index in [1.807, 2.05) is 93.5 Å². The SMILES string of the molecule is CC(=O)C1(C(CC(C)C)NS(=O)C(C)(C)C)SCCS1.CC(=O)C1(C(CC(C)C)NS(=O)c2ccc(C)cc2)SCCS1.CC(=O)C1(C(CC2CC2)NS(=O)C(C)(C)C)SCCS1.CCCC(NS(=O)C(C)(C)C)C1(C(=O)CC2CC2)SCCS1. The fraction of sp³-hybridized carbons (Fsp3) is 0.836. The molecular formula is C61H106N4O8S12. The Balaban J connectivity index is 0.000000243. The predicted octanol–water partition coefficient (Wildman–Crippen LogP) is 13.7. The van der Waals surface area contributed by atoms with Crippen molar-refractivity contribution in [2.45, 2.75) is 248 Å². The van der Waals surface area contributed by atoms with Crippen molar-refractivity contribution in [3.63, 3.8) is 0 Å². The van der Waals surface area contributed by atoms with Crippen LogP contribution in [0.4, 0.5) is 0 Å². The molecule has 0 radical (unpaired) electrons. The van der Waals surface area contributed by atoms with Gasteiger partial charge in [-0.05, 0) is 164 Å². The summed E-state index contributed by atoms with van der Waals surface area (Å²) in [5.74, 6) is 11.1. The zero-order valence-corrected chi connectivity index (χ0v) is 64.1. The van der Waals surface area contributed by atoms with Gasteiger partial charge < -0.3 is 0 Å². The number of hydrogen-bond donors (Lipinski definition) is 4. The molecule has 0 bridgehead atoms. The van der Waals surface area contributed by atoms with Gasteiger partial charge in [0.05, 0.1) is 76.3 Å². The summed E-state index contributed by atoms with van der Waals surface area (Å²) in [6, 6.07) is 7.59. The van der Waals surface area contributed by atoms with Crippen LogP contribution in [0.3, 0.4) is 0 Å². The van der Waals surface area contributed by atoms with Gasteiger partial charge in [0.25, 0.3) is 0 Å². The maximum atomic E-state index is 13.0. The van der Waals surface area contributed by atoms with E-state index in [0.29, 0.717) is 35.9 Å². The fourth-order valence-corrected chi connectivity index (χ4v) is 27.2. The molecule has 0 spiro atoms. The van der Waals surface area contributed by atoms with Crippen LogP contribution in [0.15, 0.2) is 29.2 Å². The lowest BCUT2D eigenvalue weighted by Gasteiger charge is -2.36. The molecule has 6 fully saturated rings. The molecule has 2 aliphatic carbocycles. The number of thioether (sulfide) groups is 8. The third-order valence-electron chi connectivity index (χ3n) is 14.9. The van der Waals surface area contributed by atoms with Gasteiger partial charge in [0.1, 0.15) is 27.3 Å². The van der Waals surface area contributed by atoms with Crippen molar-refractivity contribution in [3.8, 4) is 0 Å². The molecule has 1 aromatic rings.